The van der Waals surface area contributed by atoms with Crippen molar-refractivity contribution in [2.24, 2.45) is 11.3 Å². The molecule has 0 aliphatic rings. The van der Waals surface area contributed by atoms with Crippen molar-refractivity contribution in [2.45, 2.75) is 47.1 Å². The molecule has 0 unspecified atom stereocenters. The third-order valence-electron chi connectivity index (χ3n) is 2.38. The molecule has 0 bridgehead atoms. The number of hydrogen-bond acceptors (Lipinski definition) is 1. The zero-order chi connectivity index (χ0) is 8.36. The predicted molar refractivity (Wildman–Crippen MR) is 44.9 cm³/mol. The minimum Gasteiger partial charge on any atom is -0.393 e. The topological polar surface area (TPSA) is 20.2 Å². The van der Waals surface area contributed by atoms with Crippen LogP contribution in [0.3, 0.4) is 0 Å². The standard InChI is InChI=1S/C9H20O/c1-7(2)9(4,5)6-8(3)10/h7-8,10H,6H2,1-5H3/t8-/m0/s1. The number of aliphatic hydroxyl groups excluding tert-OH is 1. The third kappa shape index (κ3) is 3.21. The fourth-order valence-corrected chi connectivity index (χ4v) is 0.997. The molecule has 0 heterocycles. The summed E-state index contributed by atoms with van der Waals surface area (Å²) in [5.74, 6) is 0.641. The lowest BCUT2D eigenvalue weighted by Crippen LogP contribution is -2.24. The average molecular weight is 144 g/mol. The Morgan fingerprint density at radius 2 is 1.60 bits per heavy atom. The number of aliphatic hydroxyl groups is 1. The molecule has 0 spiro atoms. The highest BCUT2D eigenvalue weighted by Crippen LogP contribution is 2.30. The Morgan fingerprint density at radius 3 is 1.70 bits per heavy atom. The Kier molecular flexibility index (Phi) is 3.37. The molecule has 0 aliphatic heterocycles. The van der Waals surface area contributed by atoms with Crippen LogP contribution in [0, 0.1) is 11.3 Å². The molecule has 62 valence electrons. The van der Waals surface area contributed by atoms with Gasteiger partial charge in [0, 0.05) is 0 Å². The highest BCUT2D eigenvalue weighted by molar-refractivity contribution is 4.74. The molecule has 0 rings (SSSR count). The van der Waals surface area contributed by atoms with Crippen LogP contribution in [0.15, 0.2) is 0 Å². The summed E-state index contributed by atoms with van der Waals surface area (Å²) < 4.78 is 0. The van der Waals surface area contributed by atoms with E-state index in [4.69, 9.17) is 5.11 Å². The van der Waals surface area contributed by atoms with E-state index in [9.17, 15) is 0 Å². The summed E-state index contributed by atoms with van der Waals surface area (Å²) in [5.41, 5.74) is 0.272. The van der Waals surface area contributed by atoms with Crippen LogP contribution < -0.4 is 0 Å². The summed E-state index contributed by atoms with van der Waals surface area (Å²) in [4.78, 5) is 0. The third-order valence-corrected chi connectivity index (χ3v) is 2.38. The van der Waals surface area contributed by atoms with Gasteiger partial charge in [-0.15, -0.1) is 0 Å². The van der Waals surface area contributed by atoms with Gasteiger partial charge in [-0.05, 0) is 24.7 Å². The largest absolute Gasteiger partial charge is 0.393 e. The average Bonchev–Trinajstić information content (AvgIpc) is 1.60. The first-order valence-electron chi connectivity index (χ1n) is 4.04. The van der Waals surface area contributed by atoms with Gasteiger partial charge in [-0.25, -0.2) is 0 Å². The van der Waals surface area contributed by atoms with Gasteiger partial charge in [0.1, 0.15) is 0 Å². The van der Waals surface area contributed by atoms with E-state index in [2.05, 4.69) is 27.7 Å². The summed E-state index contributed by atoms with van der Waals surface area (Å²) in [6, 6.07) is 0. The van der Waals surface area contributed by atoms with Gasteiger partial charge in [-0.1, -0.05) is 27.7 Å². The Labute approximate surface area is 64.5 Å². The SMILES string of the molecule is CC(C)C(C)(C)C[C@H](C)O. The molecule has 0 aromatic carbocycles. The summed E-state index contributed by atoms with van der Waals surface area (Å²) in [7, 11) is 0. The molecule has 1 atom stereocenters. The van der Waals surface area contributed by atoms with Crippen LogP contribution in [0.25, 0.3) is 0 Å². The summed E-state index contributed by atoms with van der Waals surface area (Å²) in [6.45, 7) is 10.6. The predicted octanol–water partition coefficient (Wildman–Crippen LogP) is 2.44. The zero-order valence-corrected chi connectivity index (χ0v) is 7.81. The van der Waals surface area contributed by atoms with Crippen molar-refractivity contribution in [3.63, 3.8) is 0 Å². The maximum atomic E-state index is 9.14. The first-order valence-corrected chi connectivity index (χ1v) is 4.04. The number of hydrogen-bond donors (Lipinski definition) is 1. The second-order valence-electron chi connectivity index (χ2n) is 4.20. The van der Waals surface area contributed by atoms with E-state index in [0.717, 1.165) is 6.42 Å². The monoisotopic (exact) mass is 144 g/mol. The van der Waals surface area contributed by atoms with Gasteiger partial charge >= 0.3 is 0 Å². The van der Waals surface area contributed by atoms with Crippen LogP contribution in [-0.2, 0) is 0 Å². The van der Waals surface area contributed by atoms with Crippen LogP contribution in [0.5, 0.6) is 0 Å². The smallest absolute Gasteiger partial charge is 0.0517 e. The van der Waals surface area contributed by atoms with E-state index in [1.165, 1.54) is 0 Å². The lowest BCUT2D eigenvalue weighted by atomic mass is 9.77. The van der Waals surface area contributed by atoms with Crippen LogP contribution in [0.2, 0.25) is 0 Å². The molecule has 1 N–H and O–H groups in total. The fraction of sp³-hybridized carbons (Fsp3) is 1.00. The van der Waals surface area contributed by atoms with Gasteiger partial charge in [0.2, 0.25) is 0 Å². The lowest BCUT2D eigenvalue weighted by molar-refractivity contribution is 0.102. The van der Waals surface area contributed by atoms with Crippen molar-refractivity contribution in [3.05, 3.63) is 0 Å². The number of rotatable bonds is 3. The Hall–Kier alpha value is -0.0400. The minimum absolute atomic E-state index is 0.169. The van der Waals surface area contributed by atoms with Gasteiger partial charge in [-0.2, -0.15) is 0 Å². The van der Waals surface area contributed by atoms with Crippen LogP contribution >= 0.6 is 0 Å². The van der Waals surface area contributed by atoms with Crippen molar-refractivity contribution in [2.75, 3.05) is 0 Å². The molecule has 1 nitrogen and oxygen atoms in total. The maximum absolute atomic E-state index is 9.14. The van der Waals surface area contributed by atoms with E-state index in [-0.39, 0.29) is 11.5 Å². The first-order chi connectivity index (χ1) is 4.36. The molecule has 0 radical (unpaired) electrons. The second-order valence-corrected chi connectivity index (χ2v) is 4.20. The zero-order valence-electron chi connectivity index (χ0n) is 7.81. The molecular formula is C9H20O. The normalized spacial score (nSPS) is 15.9. The Balaban J connectivity index is 3.87. The lowest BCUT2D eigenvalue weighted by Gasteiger charge is -2.30. The van der Waals surface area contributed by atoms with E-state index < -0.39 is 0 Å². The van der Waals surface area contributed by atoms with E-state index in [1.807, 2.05) is 6.92 Å². The summed E-state index contributed by atoms with van der Waals surface area (Å²) in [5, 5.41) is 9.14. The summed E-state index contributed by atoms with van der Waals surface area (Å²) >= 11 is 0. The molecular weight excluding hydrogens is 124 g/mol. The summed E-state index contributed by atoms with van der Waals surface area (Å²) in [6.07, 6.45) is 0.724. The minimum atomic E-state index is -0.169. The molecule has 0 saturated carbocycles. The van der Waals surface area contributed by atoms with Crippen molar-refractivity contribution < 1.29 is 5.11 Å². The maximum Gasteiger partial charge on any atom is 0.0517 e. The van der Waals surface area contributed by atoms with Gasteiger partial charge in [0.25, 0.3) is 0 Å². The van der Waals surface area contributed by atoms with Crippen molar-refractivity contribution in [1.82, 2.24) is 0 Å². The van der Waals surface area contributed by atoms with E-state index in [1.54, 1.807) is 0 Å². The highest BCUT2D eigenvalue weighted by Gasteiger charge is 2.23. The van der Waals surface area contributed by atoms with Gasteiger partial charge in [-0.3, -0.25) is 0 Å². The van der Waals surface area contributed by atoms with Crippen LogP contribution in [0.4, 0.5) is 0 Å². The Bertz CT molecular complexity index is 92.9. The van der Waals surface area contributed by atoms with Crippen molar-refractivity contribution in [3.8, 4) is 0 Å². The van der Waals surface area contributed by atoms with Gasteiger partial charge in [0.15, 0.2) is 0 Å². The molecule has 0 amide bonds. The van der Waals surface area contributed by atoms with Gasteiger partial charge < -0.3 is 5.11 Å². The second kappa shape index (κ2) is 3.38. The molecule has 0 saturated heterocycles. The van der Waals surface area contributed by atoms with E-state index in [0.29, 0.717) is 5.92 Å². The fourth-order valence-electron chi connectivity index (χ4n) is 0.997. The highest BCUT2D eigenvalue weighted by atomic mass is 16.3. The van der Waals surface area contributed by atoms with Crippen LogP contribution in [-0.4, -0.2) is 11.2 Å². The Morgan fingerprint density at radius 1 is 1.20 bits per heavy atom. The molecule has 0 aromatic rings. The molecule has 0 fully saturated rings. The molecule has 1 heteroatoms. The van der Waals surface area contributed by atoms with E-state index >= 15 is 0 Å². The van der Waals surface area contributed by atoms with Gasteiger partial charge in [0.05, 0.1) is 6.10 Å². The first kappa shape index (κ1) is 9.96. The molecule has 0 aromatic heterocycles. The van der Waals surface area contributed by atoms with Crippen LogP contribution in [0.1, 0.15) is 41.0 Å². The molecule has 0 aliphatic carbocycles. The quantitative estimate of drug-likeness (QED) is 0.645. The van der Waals surface area contributed by atoms with Crippen molar-refractivity contribution >= 4 is 0 Å². The van der Waals surface area contributed by atoms with Crippen molar-refractivity contribution in [1.29, 1.82) is 0 Å². The molecule has 10 heavy (non-hydrogen) atoms.